The first-order valence-electron chi connectivity index (χ1n) is 9.20. The monoisotopic (exact) mass is 461 g/mol. The van der Waals surface area contributed by atoms with Crippen molar-refractivity contribution >= 4 is 44.7 Å². The molecule has 0 aromatic heterocycles. The van der Waals surface area contributed by atoms with Crippen LogP contribution >= 0.6 is 23.2 Å². The van der Waals surface area contributed by atoms with Crippen LogP contribution in [-0.2, 0) is 15.4 Å². The first-order valence-corrected chi connectivity index (χ1v) is 11.4. The molecule has 0 radical (unpaired) electrons. The van der Waals surface area contributed by atoms with Gasteiger partial charge in [-0.3, -0.25) is 9.52 Å². The SMILES string of the molecule is CC(C)(C)c1ccc(C(=O)c2cccc(NS(=O)(=O)c3cc(Cl)ccc3Cl)c2)cc1. The van der Waals surface area contributed by atoms with Crippen LogP contribution in [0.1, 0.15) is 42.3 Å². The zero-order valence-corrected chi connectivity index (χ0v) is 19.1. The van der Waals surface area contributed by atoms with Crippen LogP contribution in [0.5, 0.6) is 0 Å². The van der Waals surface area contributed by atoms with Crippen LogP contribution in [0, 0.1) is 0 Å². The molecule has 3 aromatic rings. The van der Waals surface area contributed by atoms with Crippen LogP contribution in [0.3, 0.4) is 0 Å². The topological polar surface area (TPSA) is 63.2 Å². The molecule has 30 heavy (non-hydrogen) atoms. The van der Waals surface area contributed by atoms with Gasteiger partial charge < -0.3 is 0 Å². The van der Waals surface area contributed by atoms with Crippen molar-refractivity contribution in [1.82, 2.24) is 0 Å². The first-order chi connectivity index (χ1) is 14.0. The second kappa shape index (κ2) is 8.42. The molecule has 0 atom stereocenters. The lowest BCUT2D eigenvalue weighted by molar-refractivity contribution is 0.103. The predicted molar refractivity (Wildman–Crippen MR) is 122 cm³/mol. The summed E-state index contributed by atoms with van der Waals surface area (Å²) in [7, 11) is -3.97. The van der Waals surface area contributed by atoms with E-state index in [0.717, 1.165) is 5.56 Å². The minimum atomic E-state index is -3.97. The first kappa shape index (κ1) is 22.3. The van der Waals surface area contributed by atoms with Crippen LogP contribution in [0.25, 0.3) is 0 Å². The Bertz CT molecular complexity index is 1200. The van der Waals surface area contributed by atoms with Gasteiger partial charge in [-0.05, 0) is 41.3 Å². The van der Waals surface area contributed by atoms with Gasteiger partial charge in [-0.25, -0.2) is 8.42 Å². The van der Waals surface area contributed by atoms with E-state index >= 15 is 0 Å². The molecular weight excluding hydrogens is 441 g/mol. The highest BCUT2D eigenvalue weighted by Gasteiger charge is 2.20. The van der Waals surface area contributed by atoms with Crippen molar-refractivity contribution in [3.8, 4) is 0 Å². The van der Waals surface area contributed by atoms with Gasteiger partial charge in [-0.15, -0.1) is 0 Å². The Hall–Kier alpha value is -2.34. The average Bonchev–Trinajstić information content (AvgIpc) is 2.68. The molecule has 3 aromatic carbocycles. The number of hydrogen-bond donors (Lipinski definition) is 1. The third-order valence-electron chi connectivity index (χ3n) is 4.57. The van der Waals surface area contributed by atoms with Gasteiger partial charge in [0.1, 0.15) is 4.90 Å². The van der Waals surface area contributed by atoms with Crippen LogP contribution < -0.4 is 4.72 Å². The standard InChI is InChI=1S/C23H21Cl2NO3S/c1-23(2,3)17-9-7-15(8-10-17)22(27)16-5-4-6-19(13-16)26-30(28,29)21-14-18(24)11-12-20(21)25/h4-14,26H,1-3H3. The number of carbonyl (C=O) groups is 1. The van der Waals surface area contributed by atoms with Crippen LogP contribution in [0.4, 0.5) is 5.69 Å². The van der Waals surface area contributed by atoms with Gasteiger partial charge in [0.25, 0.3) is 10.0 Å². The summed E-state index contributed by atoms with van der Waals surface area (Å²) in [5.74, 6) is -0.197. The lowest BCUT2D eigenvalue weighted by atomic mass is 9.86. The number of benzene rings is 3. The Morgan fingerprint density at radius 2 is 1.53 bits per heavy atom. The Kier molecular flexibility index (Phi) is 6.27. The molecule has 1 N–H and O–H groups in total. The molecule has 0 amide bonds. The summed E-state index contributed by atoms with van der Waals surface area (Å²) in [5.41, 5.74) is 2.26. The molecular formula is C23H21Cl2NO3S. The number of nitrogens with one attached hydrogen (secondary N) is 1. The van der Waals surface area contributed by atoms with E-state index in [2.05, 4.69) is 25.5 Å². The van der Waals surface area contributed by atoms with E-state index in [1.54, 1.807) is 30.3 Å². The molecule has 0 fully saturated rings. The van der Waals surface area contributed by atoms with Gasteiger partial charge in [-0.1, -0.05) is 80.4 Å². The summed E-state index contributed by atoms with van der Waals surface area (Å²) in [4.78, 5) is 12.7. The van der Waals surface area contributed by atoms with E-state index in [0.29, 0.717) is 11.1 Å². The zero-order valence-electron chi connectivity index (χ0n) is 16.7. The Labute approximate surface area is 186 Å². The van der Waals surface area contributed by atoms with Crippen molar-refractivity contribution < 1.29 is 13.2 Å². The highest BCUT2D eigenvalue weighted by Crippen LogP contribution is 2.28. The van der Waals surface area contributed by atoms with Crippen molar-refractivity contribution in [3.05, 3.63) is 93.5 Å². The largest absolute Gasteiger partial charge is 0.289 e. The molecule has 0 aliphatic carbocycles. The molecule has 0 unspecified atom stereocenters. The van der Waals surface area contributed by atoms with Crippen molar-refractivity contribution in [2.45, 2.75) is 31.1 Å². The van der Waals surface area contributed by atoms with E-state index in [9.17, 15) is 13.2 Å². The van der Waals surface area contributed by atoms with Gasteiger partial charge in [0.05, 0.1) is 5.02 Å². The zero-order chi connectivity index (χ0) is 22.1. The van der Waals surface area contributed by atoms with E-state index in [1.807, 2.05) is 12.1 Å². The van der Waals surface area contributed by atoms with Crippen LogP contribution in [0.15, 0.2) is 71.6 Å². The summed E-state index contributed by atoms with van der Waals surface area (Å²) in [6, 6.07) is 18.0. The molecule has 156 valence electrons. The number of sulfonamides is 1. The summed E-state index contributed by atoms with van der Waals surface area (Å²) in [6.45, 7) is 6.31. The highest BCUT2D eigenvalue weighted by atomic mass is 35.5. The fourth-order valence-corrected chi connectivity index (χ4v) is 4.72. The molecule has 0 spiro atoms. The lowest BCUT2D eigenvalue weighted by Crippen LogP contribution is -2.14. The third-order valence-corrected chi connectivity index (χ3v) is 6.67. The van der Waals surface area contributed by atoms with Gasteiger partial charge in [0, 0.05) is 21.8 Å². The molecule has 0 aliphatic rings. The van der Waals surface area contributed by atoms with E-state index in [-0.39, 0.29) is 31.8 Å². The molecule has 0 aliphatic heterocycles. The second-order valence-corrected chi connectivity index (χ2v) is 10.4. The van der Waals surface area contributed by atoms with Crippen LogP contribution in [-0.4, -0.2) is 14.2 Å². The number of rotatable bonds is 5. The Morgan fingerprint density at radius 3 is 2.17 bits per heavy atom. The Morgan fingerprint density at radius 1 is 0.867 bits per heavy atom. The normalized spacial score (nSPS) is 11.9. The fraction of sp³-hybridized carbons (Fsp3) is 0.174. The van der Waals surface area contributed by atoms with E-state index in [4.69, 9.17) is 23.2 Å². The molecule has 0 heterocycles. The molecule has 3 rings (SSSR count). The maximum Gasteiger partial charge on any atom is 0.263 e. The van der Waals surface area contributed by atoms with Gasteiger partial charge >= 0.3 is 0 Å². The number of hydrogen-bond acceptors (Lipinski definition) is 3. The molecule has 0 bridgehead atoms. The predicted octanol–water partition coefficient (Wildman–Crippen LogP) is 6.32. The maximum atomic E-state index is 12.9. The fourth-order valence-electron chi connectivity index (χ4n) is 2.91. The summed E-state index contributed by atoms with van der Waals surface area (Å²) in [6.07, 6.45) is 0. The minimum Gasteiger partial charge on any atom is -0.289 e. The summed E-state index contributed by atoms with van der Waals surface area (Å²) >= 11 is 11.9. The number of anilines is 1. The Balaban J connectivity index is 1.87. The maximum absolute atomic E-state index is 12.9. The number of carbonyl (C=O) groups excluding carboxylic acids is 1. The number of ketones is 1. The summed E-state index contributed by atoms with van der Waals surface area (Å²) in [5, 5.41) is 0.306. The lowest BCUT2D eigenvalue weighted by Gasteiger charge is -2.19. The van der Waals surface area contributed by atoms with Crippen molar-refractivity contribution in [2.75, 3.05) is 4.72 Å². The summed E-state index contributed by atoms with van der Waals surface area (Å²) < 4.78 is 27.9. The van der Waals surface area contributed by atoms with Gasteiger partial charge in [-0.2, -0.15) is 0 Å². The average molecular weight is 462 g/mol. The van der Waals surface area contributed by atoms with Crippen LogP contribution in [0.2, 0.25) is 10.0 Å². The molecule has 4 nitrogen and oxygen atoms in total. The molecule has 7 heteroatoms. The van der Waals surface area contributed by atoms with Crippen molar-refractivity contribution in [3.63, 3.8) is 0 Å². The molecule has 0 saturated heterocycles. The van der Waals surface area contributed by atoms with Crippen molar-refractivity contribution in [1.29, 1.82) is 0 Å². The molecule has 0 saturated carbocycles. The van der Waals surface area contributed by atoms with Gasteiger partial charge in [0.2, 0.25) is 0 Å². The van der Waals surface area contributed by atoms with E-state index < -0.39 is 10.0 Å². The minimum absolute atomic E-state index is 0.0125. The smallest absolute Gasteiger partial charge is 0.263 e. The third kappa shape index (κ3) is 5.04. The highest BCUT2D eigenvalue weighted by molar-refractivity contribution is 7.92. The van der Waals surface area contributed by atoms with E-state index in [1.165, 1.54) is 24.3 Å². The second-order valence-electron chi connectivity index (χ2n) is 7.92. The quantitative estimate of drug-likeness (QED) is 0.451. The number of halogens is 2. The van der Waals surface area contributed by atoms with Crippen molar-refractivity contribution in [2.24, 2.45) is 0 Å². The van der Waals surface area contributed by atoms with Gasteiger partial charge in [0.15, 0.2) is 5.78 Å².